The molecule has 0 aliphatic heterocycles. The number of nitrogens with one attached hydrogen (secondary N) is 1. The fraction of sp³-hybridized carbons (Fsp3) is 0.0526. The maximum Gasteiger partial charge on any atom is 0.305 e. The van der Waals surface area contributed by atoms with E-state index in [1.807, 2.05) is 0 Å². The van der Waals surface area contributed by atoms with Crippen LogP contribution in [0.4, 0.5) is 11.5 Å². The molecule has 0 amide bonds. The summed E-state index contributed by atoms with van der Waals surface area (Å²) in [5.41, 5.74) is 9.23. The SMILES string of the molecule is Nc1c(-c2ccc(N[S+](O)c3ccccc3Cl)cc2Cl)cnc2c(CO)cnn12. The van der Waals surface area contributed by atoms with Crippen LogP contribution in [0.1, 0.15) is 5.56 Å². The Morgan fingerprint density at radius 2 is 1.86 bits per heavy atom. The molecule has 1 unspecified atom stereocenters. The van der Waals surface area contributed by atoms with Gasteiger partial charge >= 0.3 is 11.4 Å². The molecule has 4 rings (SSSR count). The molecule has 2 aromatic carbocycles. The van der Waals surface area contributed by atoms with Crippen molar-refractivity contribution in [2.45, 2.75) is 11.5 Å². The lowest BCUT2D eigenvalue weighted by atomic mass is 10.1. The summed E-state index contributed by atoms with van der Waals surface area (Å²) in [6.45, 7) is -0.176. The number of aliphatic hydroxyl groups excluding tert-OH is 1. The molecule has 29 heavy (non-hydrogen) atoms. The number of nitrogens with zero attached hydrogens (tertiary/aromatic N) is 3. The van der Waals surface area contributed by atoms with Crippen LogP contribution in [-0.4, -0.2) is 24.3 Å². The van der Waals surface area contributed by atoms with Crippen molar-refractivity contribution in [3.05, 3.63) is 70.5 Å². The average molecular weight is 449 g/mol. The Morgan fingerprint density at radius 3 is 2.59 bits per heavy atom. The minimum atomic E-state index is -1.29. The molecule has 0 radical (unpaired) electrons. The summed E-state index contributed by atoms with van der Waals surface area (Å²) in [5, 5.41) is 14.4. The van der Waals surface area contributed by atoms with E-state index in [1.54, 1.807) is 48.7 Å². The van der Waals surface area contributed by atoms with Gasteiger partial charge in [0.1, 0.15) is 10.8 Å². The van der Waals surface area contributed by atoms with Gasteiger partial charge in [-0.25, -0.2) is 4.98 Å². The summed E-state index contributed by atoms with van der Waals surface area (Å²) in [5.74, 6) is 0.357. The molecule has 2 heterocycles. The largest absolute Gasteiger partial charge is 0.391 e. The van der Waals surface area contributed by atoms with Gasteiger partial charge in [0.05, 0.1) is 23.5 Å². The molecule has 0 bridgehead atoms. The van der Waals surface area contributed by atoms with Crippen molar-refractivity contribution in [1.29, 1.82) is 0 Å². The van der Waals surface area contributed by atoms with Crippen molar-refractivity contribution in [3.8, 4) is 11.1 Å². The van der Waals surface area contributed by atoms with Crippen molar-refractivity contribution in [3.63, 3.8) is 0 Å². The zero-order valence-corrected chi connectivity index (χ0v) is 17.2. The topological polar surface area (TPSA) is 109 Å². The Morgan fingerprint density at radius 1 is 1.07 bits per heavy atom. The van der Waals surface area contributed by atoms with Crippen molar-refractivity contribution in [2.75, 3.05) is 10.5 Å². The molecule has 10 heteroatoms. The van der Waals surface area contributed by atoms with Gasteiger partial charge < -0.3 is 10.8 Å². The summed E-state index contributed by atoms with van der Waals surface area (Å²) < 4.78 is 14.9. The molecular weight excluding hydrogens is 433 g/mol. The number of aliphatic hydroxyl groups is 1. The van der Waals surface area contributed by atoms with Crippen LogP contribution < -0.4 is 10.5 Å². The lowest BCUT2D eigenvalue weighted by Gasteiger charge is -2.11. The molecule has 4 aromatic rings. The monoisotopic (exact) mass is 448 g/mol. The van der Waals surface area contributed by atoms with Crippen LogP contribution in [0.15, 0.2) is 59.8 Å². The maximum atomic E-state index is 10.4. The number of rotatable bonds is 5. The van der Waals surface area contributed by atoms with E-state index >= 15 is 0 Å². The molecule has 0 saturated carbocycles. The number of benzene rings is 2. The summed E-state index contributed by atoms with van der Waals surface area (Å²) in [6, 6.07) is 12.3. The normalized spacial score (nSPS) is 12.3. The van der Waals surface area contributed by atoms with Crippen LogP contribution in [-0.2, 0) is 18.0 Å². The standard InChI is InChI=1S/C19H16Cl2N5O2S/c20-15-3-1-2-4-17(15)29(28)25-12-5-6-13(16(21)7-12)14-9-23-19-11(10-27)8-24-26(19)18(14)22/h1-9,25,27-28H,10,22H2/q+1. The molecule has 0 spiro atoms. The Labute approximate surface area is 179 Å². The zero-order chi connectivity index (χ0) is 20.5. The highest BCUT2D eigenvalue weighted by Crippen LogP contribution is 2.34. The molecule has 148 valence electrons. The van der Waals surface area contributed by atoms with Crippen LogP contribution in [0.3, 0.4) is 0 Å². The first-order valence-electron chi connectivity index (χ1n) is 8.46. The highest BCUT2D eigenvalue weighted by atomic mass is 35.5. The van der Waals surface area contributed by atoms with Crippen molar-refractivity contribution < 1.29 is 9.66 Å². The second-order valence-electron chi connectivity index (χ2n) is 6.13. The van der Waals surface area contributed by atoms with Crippen LogP contribution in [0, 0.1) is 0 Å². The van der Waals surface area contributed by atoms with E-state index in [9.17, 15) is 9.66 Å². The third kappa shape index (κ3) is 3.73. The van der Waals surface area contributed by atoms with Crippen LogP contribution in [0.2, 0.25) is 10.0 Å². The van der Waals surface area contributed by atoms with Crippen molar-refractivity contribution in [2.24, 2.45) is 0 Å². The van der Waals surface area contributed by atoms with Crippen molar-refractivity contribution in [1.82, 2.24) is 14.6 Å². The number of hydrogen-bond acceptors (Lipinski definition) is 6. The maximum absolute atomic E-state index is 10.4. The Kier molecular flexibility index (Phi) is 5.53. The molecular formula is C19H16Cl2N5O2S+. The molecule has 0 aliphatic carbocycles. The highest BCUT2D eigenvalue weighted by Gasteiger charge is 2.24. The van der Waals surface area contributed by atoms with Gasteiger partial charge in [0.2, 0.25) is 4.90 Å². The number of nitrogens with two attached hydrogens (primary N) is 1. The van der Waals surface area contributed by atoms with E-state index in [-0.39, 0.29) is 6.61 Å². The van der Waals surface area contributed by atoms with Gasteiger partial charge in [-0.2, -0.15) is 18.9 Å². The minimum absolute atomic E-state index is 0.176. The highest BCUT2D eigenvalue weighted by molar-refractivity contribution is 7.93. The van der Waals surface area contributed by atoms with E-state index in [4.69, 9.17) is 28.9 Å². The number of nitrogen functional groups attached to an aromatic ring is 1. The van der Waals surface area contributed by atoms with Gasteiger partial charge in [-0.3, -0.25) is 0 Å². The molecule has 5 N–H and O–H groups in total. The summed E-state index contributed by atoms with van der Waals surface area (Å²) in [4.78, 5) is 4.93. The first-order chi connectivity index (χ1) is 14.0. The fourth-order valence-corrected chi connectivity index (χ4v) is 4.44. The smallest absolute Gasteiger partial charge is 0.305 e. The molecule has 7 nitrogen and oxygen atoms in total. The van der Waals surface area contributed by atoms with Gasteiger partial charge in [0, 0.05) is 29.0 Å². The number of aromatic nitrogens is 3. The van der Waals surface area contributed by atoms with E-state index in [0.717, 1.165) is 0 Å². The first kappa shape index (κ1) is 19.8. The first-order valence-corrected chi connectivity index (χ1v) is 10.4. The third-order valence-electron chi connectivity index (χ3n) is 4.33. The lowest BCUT2D eigenvalue weighted by molar-refractivity contribution is 0.283. The summed E-state index contributed by atoms with van der Waals surface area (Å²) >= 11 is 11.3. The van der Waals surface area contributed by atoms with Gasteiger partial charge in [-0.1, -0.05) is 41.4 Å². The van der Waals surface area contributed by atoms with E-state index in [2.05, 4.69) is 14.8 Å². The third-order valence-corrected chi connectivity index (χ3v) is 6.28. The number of fused-ring (bicyclic) bond motifs is 1. The molecule has 1 atom stereocenters. The van der Waals surface area contributed by atoms with Gasteiger partial charge in [-0.15, -0.1) is 0 Å². The predicted octanol–water partition coefficient (Wildman–Crippen LogP) is 4.25. The zero-order valence-electron chi connectivity index (χ0n) is 14.9. The Balaban J connectivity index is 1.65. The van der Waals surface area contributed by atoms with Gasteiger partial charge in [-0.05, 0) is 18.2 Å². The second kappa shape index (κ2) is 8.10. The number of halogens is 2. The van der Waals surface area contributed by atoms with Crippen LogP contribution in [0.5, 0.6) is 0 Å². The molecule has 0 fully saturated rings. The molecule has 0 saturated heterocycles. The van der Waals surface area contributed by atoms with Gasteiger partial charge in [0.15, 0.2) is 5.65 Å². The lowest BCUT2D eigenvalue weighted by Crippen LogP contribution is -2.13. The summed E-state index contributed by atoms with van der Waals surface area (Å²) in [6.07, 6.45) is 3.12. The van der Waals surface area contributed by atoms with Crippen LogP contribution >= 0.6 is 23.2 Å². The van der Waals surface area contributed by atoms with E-state index < -0.39 is 11.4 Å². The van der Waals surface area contributed by atoms with E-state index in [0.29, 0.717) is 48.8 Å². The second-order valence-corrected chi connectivity index (χ2v) is 8.16. The van der Waals surface area contributed by atoms with Crippen LogP contribution in [0.25, 0.3) is 16.8 Å². The number of hydrogen-bond donors (Lipinski definition) is 4. The fourth-order valence-electron chi connectivity index (χ4n) is 2.88. The molecule has 2 aromatic heterocycles. The average Bonchev–Trinajstić information content (AvgIpc) is 3.13. The quantitative estimate of drug-likeness (QED) is 0.339. The predicted molar refractivity (Wildman–Crippen MR) is 117 cm³/mol. The Hall–Kier alpha value is -2.49. The molecule has 0 aliphatic rings. The van der Waals surface area contributed by atoms with Gasteiger partial charge in [0.25, 0.3) is 0 Å². The Bertz CT molecular complexity index is 1200. The minimum Gasteiger partial charge on any atom is -0.391 e. The summed E-state index contributed by atoms with van der Waals surface area (Å²) in [7, 11) is 0. The van der Waals surface area contributed by atoms with E-state index in [1.165, 1.54) is 10.7 Å². The number of anilines is 2. The van der Waals surface area contributed by atoms with Crippen molar-refractivity contribution >= 4 is 51.7 Å².